The van der Waals surface area contributed by atoms with Crippen molar-refractivity contribution in [3.05, 3.63) is 58.7 Å². The predicted molar refractivity (Wildman–Crippen MR) is 144 cm³/mol. The second kappa shape index (κ2) is 9.57. The van der Waals surface area contributed by atoms with Crippen molar-refractivity contribution in [2.24, 2.45) is 21.8 Å². The lowest BCUT2D eigenvalue weighted by Crippen LogP contribution is -2.22. The quantitative estimate of drug-likeness (QED) is 0.425. The number of hydrogen-bond acceptors (Lipinski definition) is 2. The summed E-state index contributed by atoms with van der Waals surface area (Å²) in [5.74, 6) is 2.94. The van der Waals surface area contributed by atoms with Crippen LogP contribution in [0, 0.1) is 11.8 Å². The molecule has 2 aliphatic rings. The summed E-state index contributed by atoms with van der Waals surface area (Å²) in [5, 5.41) is 0. The number of benzene rings is 2. The minimum Gasteiger partial charge on any atom is -0.251 e. The Bertz CT molecular complexity index is 930. The van der Waals surface area contributed by atoms with Crippen molar-refractivity contribution in [1.82, 2.24) is 0 Å². The monoisotopic (exact) mass is 442 g/mol. The van der Waals surface area contributed by atoms with E-state index in [0.29, 0.717) is 35.5 Å². The van der Waals surface area contributed by atoms with Crippen LogP contribution in [0.25, 0.3) is 0 Å². The van der Waals surface area contributed by atoms with E-state index in [9.17, 15) is 0 Å². The first-order chi connectivity index (χ1) is 15.7. The zero-order valence-corrected chi connectivity index (χ0v) is 21.9. The molecule has 0 amide bonds. The number of fused-ring (bicyclic) bond motifs is 2. The van der Waals surface area contributed by atoms with Crippen LogP contribution < -0.4 is 0 Å². The average Bonchev–Trinajstić information content (AvgIpc) is 3.36. The third kappa shape index (κ3) is 4.59. The van der Waals surface area contributed by atoms with Crippen LogP contribution in [0.2, 0.25) is 0 Å². The Hall–Kier alpha value is -2.22. The van der Waals surface area contributed by atoms with Crippen LogP contribution in [0.3, 0.4) is 0 Å². The topological polar surface area (TPSA) is 24.7 Å². The first-order valence-electron chi connectivity index (χ1n) is 13.1. The molecule has 2 bridgehead atoms. The number of rotatable bonds is 6. The van der Waals surface area contributed by atoms with Crippen molar-refractivity contribution in [2.75, 3.05) is 0 Å². The number of aliphatic imine (C=N–C) groups is 2. The van der Waals surface area contributed by atoms with E-state index in [1.54, 1.807) is 0 Å². The largest absolute Gasteiger partial charge is 0.251 e. The van der Waals surface area contributed by atoms with Crippen molar-refractivity contribution >= 4 is 22.8 Å². The third-order valence-electron chi connectivity index (χ3n) is 7.62. The van der Waals surface area contributed by atoms with Gasteiger partial charge in [0.25, 0.3) is 0 Å². The fourth-order valence-electron chi connectivity index (χ4n) is 5.72. The highest BCUT2D eigenvalue weighted by atomic mass is 14.9. The van der Waals surface area contributed by atoms with Crippen LogP contribution in [0.15, 0.2) is 46.4 Å². The van der Waals surface area contributed by atoms with Crippen LogP contribution in [0.5, 0.6) is 0 Å². The smallest absolute Gasteiger partial charge is 0.0703 e. The molecule has 0 spiro atoms. The third-order valence-corrected chi connectivity index (χ3v) is 7.62. The predicted octanol–water partition coefficient (Wildman–Crippen LogP) is 9.46. The number of para-hydroxylation sites is 2. The zero-order chi connectivity index (χ0) is 23.9. The van der Waals surface area contributed by atoms with Crippen LogP contribution >= 0.6 is 0 Å². The molecule has 2 fully saturated rings. The van der Waals surface area contributed by atoms with Gasteiger partial charge in [0, 0.05) is 11.8 Å². The second-order valence-corrected chi connectivity index (χ2v) is 11.4. The van der Waals surface area contributed by atoms with Gasteiger partial charge in [0.15, 0.2) is 0 Å². The Morgan fingerprint density at radius 2 is 0.848 bits per heavy atom. The maximum Gasteiger partial charge on any atom is 0.0703 e. The summed E-state index contributed by atoms with van der Waals surface area (Å²) < 4.78 is 0. The molecule has 2 saturated carbocycles. The van der Waals surface area contributed by atoms with Gasteiger partial charge < -0.3 is 0 Å². The first kappa shape index (κ1) is 23.9. The summed E-state index contributed by atoms with van der Waals surface area (Å²) in [5.41, 5.74) is 10.4. The van der Waals surface area contributed by atoms with Gasteiger partial charge in [-0.15, -0.1) is 0 Å². The Morgan fingerprint density at radius 1 is 0.545 bits per heavy atom. The molecule has 0 heterocycles. The molecule has 0 aliphatic heterocycles. The molecular weight excluding hydrogens is 400 g/mol. The molecule has 2 aromatic carbocycles. The van der Waals surface area contributed by atoms with Crippen molar-refractivity contribution in [3.63, 3.8) is 0 Å². The fraction of sp³-hybridized carbons (Fsp3) is 0.548. The second-order valence-electron chi connectivity index (χ2n) is 11.4. The first-order valence-corrected chi connectivity index (χ1v) is 13.1. The Kier molecular flexibility index (Phi) is 6.93. The summed E-state index contributed by atoms with van der Waals surface area (Å²) in [6, 6.07) is 13.5. The van der Waals surface area contributed by atoms with Crippen LogP contribution in [0.1, 0.15) is 121 Å². The van der Waals surface area contributed by atoms with Gasteiger partial charge in [-0.2, -0.15) is 0 Å². The zero-order valence-electron chi connectivity index (χ0n) is 21.9. The molecule has 2 aromatic rings. The van der Waals surface area contributed by atoms with Crippen molar-refractivity contribution in [2.45, 2.75) is 98.3 Å². The highest BCUT2D eigenvalue weighted by molar-refractivity contribution is 6.47. The molecule has 0 radical (unpaired) electrons. The van der Waals surface area contributed by atoms with Crippen molar-refractivity contribution in [1.29, 1.82) is 0 Å². The molecule has 4 rings (SSSR count). The molecule has 2 nitrogen and oxygen atoms in total. The molecule has 176 valence electrons. The SMILES string of the molecule is CC(C)c1cccc(C(C)C)c1N=C1C(=Nc2c(C(C)C)cccc2C(C)C)C2CCC1C2. The van der Waals surface area contributed by atoms with Gasteiger partial charge in [-0.25, -0.2) is 0 Å². The summed E-state index contributed by atoms with van der Waals surface area (Å²) in [6.07, 6.45) is 3.73. The summed E-state index contributed by atoms with van der Waals surface area (Å²) in [6.45, 7) is 18.3. The van der Waals surface area contributed by atoms with Crippen LogP contribution in [0.4, 0.5) is 11.4 Å². The average molecular weight is 443 g/mol. The van der Waals surface area contributed by atoms with Gasteiger partial charge in [0.05, 0.1) is 22.8 Å². The summed E-state index contributed by atoms with van der Waals surface area (Å²) in [7, 11) is 0. The molecule has 2 unspecified atom stereocenters. The normalized spacial score (nSPS) is 22.8. The van der Waals surface area contributed by atoms with Gasteiger partial charge >= 0.3 is 0 Å². The Labute approximate surface area is 201 Å². The fourth-order valence-corrected chi connectivity index (χ4v) is 5.72. The maximum atomic E-state index is 5.50. The van der Waals surface area contributed by atoms with Gasteiger partial charge in [-0.1, -0.05) is 91.8 Å². The van der Waals surface area contributed by atoms with Gasteiger partial charge in [-0.3, -0.25) is 9.98 Å². The lowest BCUT2D eigenvalue weighted by molar-refractivity contribution is 0.736. The Balaban J connectivity index is 1.92. The van der Waals surface area contributed by atoms with Crippen molar-refractivity contribution in [3.8, 4) is 0 Å². The number of hydrogen-bond donors (Lipinski definition) is 0. The standard InChI is InChI=1S/C31H42N2/c1-18(2)24-11-9-12-25(19(3)4)30(24)32-28-22-15-16-23(17-22)29(28)33-31-26(20(5)6)13-10-14-27(31)21(7)8/h9-14,18-23H,15-17H2,1-8H3. The van der Waals surface area contributed by atoms with E-state index in [0.717, 1.165) is 0 Å². The molecule has 2 atom stereocenters. The van der Waals surface area contributed by atoms with Gasteiger partial charge in [0.1, 0.15) is 0 Å². The highest BCUT2D eigenvalue weighted by Crippen LogP contribution is 2.46. The van der Waals surface area contributed by atoms with Crippen LogP contribution in [-0.2, 0) is 0 Å². The van der Waals surface area contributed by atoms with E-state index in [4.69, 9.17) is 9.98 Å². The molecule has 2 aliphatic carbocycles. The highest BCUT2D eigenvalue weighted by Gasteiger charge is 2.43. The molecule has 0 aromatic heterocycles. The van der Waals surface area contributed by atoms with E-state index in [2.05, 4.69) is 91.8 Å². The van der Waals surface area contributed by atoms with Gasteiger partial charge in [-0.05, 0) is 65.2 Å². The minimum absolute atomic E-state index is 0.455. The molecule has 0 saturated heterocycles. The number of nitrogens with zero attached hydrogens (tertiary/aromatic N) is 2. The lowest BCUT2D eigenvalue weighted by atomic mass is 9.90. The van der Waals surface area contributed by atoms with Gasteiger partial charge in [0.2, 0.25) is 0 Å². The summed E-state index contributed by atoms with van der Waals surface area (Å²) in [4.78, 5) is 11.0. The molecule has 2 heteroatoms. The maximum absolute atomic E-state index is 5.50. The van der Waals surface area contributed by atoms with E-state index in [1.807, 2.05) is 0 Å². The summed E-state index contributed by atoms with van der Waals surface area (Å²) >= 11 is 0. The minimum atomic E-state index is 0.455. The molecule has 33 heavy (non-hydrogen) atoms. The lowest BCUT2D eigenvalue weighted by Gasteiger charge is -2.22. The van der Waals surface area contributed by atoms with Crippen LogP contribution in [-0.4, -0.2) is 11.4 Å². The van der Waals surface area contributed by atoms with Crippen molar-refractivity contribution < 1.29 is 0 Å². The van der Waals surface area contributed by atoms with E-state index in [1.165, 1.54) is 64.3 Å². The molecule has 0 N–H and O–H groups in total. The Morgan fingerprint density at radius 3 is 1.12 bits per heavy atom. The van der Waals surface area contributed by atoms with E-state index >= 15 is 0 Å². The van der Waals surface area contributed by atoms with E-state index < -0.39 is 0 Å². The molecular formula is C31H42N2. The van der Waals surface area contributed by atoms with E-state index in [-0.39, 0.29) is 0 Å².